The van der Waals surface area contributed by atoms with Crippen LogP contribution in [0, 0.1) is 26.7 Å². The lowest BCUT2D eigenvalue weighted by atomic mass is 9.86. The maximum atomic E-state index is 12.9. The van der Waals surface area contributed by atoms with Crippen LogP contribution in [-0.4, -0.2) is 35.3 Å². The largest absolute Gasteiger partial charge is 0.389 e. The molecule has 6 heteroatoms. The average molecular weight is 384 g/mol. The van der Waals surface area contributed by atoms with Crippen molar-refractivity contribution in [1.82, 2.24) is 5.32 Å². The first kappa shape index (κ1) is 20.2. The molecule has 2 atom stereocenters. The fourth-order valence-electron chi connectivity index (χ4n) is 4.28. The summed E-state index contributed by atoms with van der Waals surface area (Å²) >= 11 is 0. The number of rotatable bonds is 5. The Morgan fingerprint density at radius 2 is 1.86 bits per heavy atom. The Balaban J connectivity index is 1.61. The zero-order valence-electron chi connectivity index (χ0n) is 17.2. The SMILES string of the molecule is Cc1cc(C)c(C2C(=O)C[C@@H](CCNC(=O)C3=NOC(C)(C)C3)C2=O)c(C)c1. The summed E-state index contributed by atoms with van der Waals surface area (Å²) in [6.07, 6.45) is 1.14. The van der Waals surface area contributed by atoms with E-state index < -0.39 is 11.5 Å². The van der Waals surface area contributed by atoms with E-state index in [0.717, 1.165) is 22.3 Å². The molecular weight excluding hydrogens is 356 g/mol. The van der Waals surface area contributed by atoms with Gasteiger partial charge in [-0.15, -0.1) is 0 Å². The monoisotopic (exact) mass is 384 g/mol. The molecule has 1 N–H and O–H groups in total. The number of carbonyl (C=O) groups is 3. The van der Waals surface area contributed by atoms with Crippen LogP contribution in [0.1, 0.15) is 61.3 Å². The number of Topliss-reactive ketones (excluding diaryl/α,β-unsaturated/α-hetero) is 2. The Bertz CT molecular complexity index is 846. The summed E-state index contributed by atoms with van der Waals surface area (Å²) in [5.74, 6) is -1.35. The third kappa shape index (κ3) is 4.01. The summed E-state index contributed by atoms with van der Waals surface area (Å²) in [6, 6.07) is 4.03. The van der Waals surface area contributed by atoms with Gasteiger partial charge in [0, 0.05) is 25.3 Å². The van der Waals surface area contributed by atoms with Gasteiger partial charge in [-0.1, -0.05) is 22.9 Å². The third-order valence-corrected chi connectivity index (χ3v) is 5.52. The molecule has 1 unspecified atom stereocenters. The molecule has 2 aliphatic rings. The molecule has 0 aromatic heterocycles. The van der Waals surface area contributed by atoms with Gasteiger partial charge in [0.1, 0.15) is 23.0 Å². The molecule has 28 heavy (non-hydrogen) atoms. The van der Waals surface area contributed by atoms with Crippen molar-refractivity contribution in [2.45, 2.75) is 65.4 Å². The van der Waals surface area contributed by atoms with E-state index in [1.54, 1.807) is 0 Å². The van der Waals surface area contributed by atoms with E-state index in [2.05, 4.69) is 10.5 Å². The van der Waals surface area contributed by atoms with Crippen molar-refractivity contribution in [2.75, 3.05) is 6.54 Å². The van der Waals surface area contributed by atoms with E-state index in [9.17, 15) is 14.4 Å². The second kappa shape index (κ2) is 7.49. The van der Waals surface area contributed by atoms with Crippen molar-refractivity contribution in [3.63, 3.8) is 0 Å². The van der Waals surface area contributed by atoms with Gasteiger partial charge in [0.05, 0.1) is 0 Å². The number of hydrogen-bond donors (Lipinski definition) is 1. The normalized spacial score (nSPS) is 23.5. The van der Waals surface area contributed by atoms with Crippen LogP contribution in [0.2, 0.25) is 0 Å². The van der Waals surface area contributed by atoms with Crippen molar-refractivity contribution in [3.8, 4) is 0 Å². The predicted molar refractivity (Wildman–Crippen MR) is 106 cm³/mol. The molecule has 1 amide bonds. The van der Waals surface area contributed by atoms with Crippen LogP contribution < -0.4 is 5.32 Å². The van der Waals surface area contributed by atoms with Gasteiger partial charge in [0.25, 0.3) is 5.91 Å². The molecule has 1 fully saturated rings. The zero-order valence-corrected chi connectivity index (χ0v) is 17.2. The molecule has 0 bridgehead atoms. The third-order valence-electron chi connectivity index (χ3n) is 5.52. The average Bonchev–Trinajstić information content (AvgIpc) is 3.08. The summed E-state index contributed by atoms with van der Waals surface area (Å²) in [6.45, 7) is 9.99. The zero-order chi connectivity index (χ0) is 20.6. The molecule has 1 aliphatic heterocycles. The van der Waals surface area contributed by atoms with Gasteiger partial charge < -0.3 is 10.2 Å². The standard InChI is InChI=1S/C22H28N2O4/c1-12-8-13(2)18(14(3)9-12)19-17(25)10-15(20(19)26)6-7-23-21(27)16-11-22(4,5)28-24-16/h8-9,15,19H,6-7,10-11H2,1-5H3,(H,23,27)/t15-,19?/m1/s1. The number of carbonyl (C=O) groups excluding carboxylic acids is 3. The highest BCUT2D eigenvalue weighted by Crippen LogP contribution is 2.37. The summed E-state index contributed by atoms with van der Waals surface area (Å²) in [5, 5.41) is 6.62. The van der Waals surface area contributed by atoms with Crippen LogP contribution in [0.5, 0.6) is 0 Å². The van der Waals surface area contributed by atoms with E-state index in [4.69, 9.17) is 4.84 Å². The maximum Gasteiger partial charge on any atom is 0.269 e. The highest BCUT2D eigenvalue weighted by molar-refractivity contribution is 6.39. The molecule has 3 rings (SSSR count). The van der Waals surface area contributed by atoms with Crippen molar-refractivity contribution in [1.29, 1.82) is 0 Å². The van der Waals surface area contributed by atoms with Crippen LogP contribution in [0.3, 0.4) is 0 Å². The molecule has 150 valence electrons. The second-order valence-electron chi connectivity index (χ2n) is 8.63. The number of nitrogens with zero attached hydrogens (tertiary/aromatic N) is 1. The van der Waals surface area contributed by atoms with Crippen molar-refractivity contribution in [3.05, 3.63) is 34.4 Å². The molecule has 6 nitrogen and oxygen atoms in total. The lowest BCUT2D eigenvalue weighted by Gasteiger charge is -2.16. The Kier molecular flexibility index (Phi) is 5.41. The molecule has 1 aliphatic carbocycles. The minimum Gasteiger partial charge on any atom is -0.389 e. The molecule has 0 radical (unpaired) electrons. The number of benzene rings is 1. The first-order valence-corrected chi connectivity index (χ1v) is 9.76. The number of oxime groups is 1. The molecule has 1 saturated carbocycles. The van der Waals surface area contributed by atoms with Crippen LogP contribution in [0.25, 0.3) is 0 Å². The highest BCUT2D eigenvalue weighted by atomic mass is 16.7. The Hall–Kier alpha value is -2.50. The number of aryl methyl sites for hydroxylation is 3. The first-order valence-electron chi connectivity index (χ1n) is 9.76. The summed E-state index contributed by atoms with van der Waals surface area (Å²) in [4.78, 5) is 43.0. The molecule has 0 spiro atoms. The Labute approximate surface area is 165 Å². The van der Waals surface area contributed by atoms with Gasteiger partial charge in [0.15, 0.2) is 5.78 Å². The topological polar surface area (TPSA) is 84.8 Å². The van der Waals surface area contributed by atoms with E-state index in [-0.39, 0.29) is 29.8 Å². The number of amides is 1. The van der Waals surface area contributed by atoms with Gasteiger partial charge in [-0.25, -0.2) is 0 Å². The molecule has 1 aromatic carbocycles. The summed E-state index contributed by atoms with van der Waals surface area (Å²) in [5.41, 5.74) is 3.85. The lowest BCUT2D eigenvalue weighted by Crippen LogP contribution is -2.34. The summed E-state index contributed by atoms with van der Waals surface area (Å²) < 4.78 is 0. The fraction of sp³-hybridized carbons (Fsp3) is 0.545. The van der Waals surface area contributed by atoms with Gasteiger partial charge in [-0.05, 0) is 57.7 Å². The van der Waals surface area contributed by atoms with Crippen LogP contribution >= 0.6 is 0 Å². The van der Waals surface area contributed by atoms with Gasteiger partial charge >= 0.3 is 0 Å². The lowest BCUT2D eigenvalue weighted by molar-refractivity contribution is -0.125. The van der Waals surface area contributed by atoms with Gasteiger partial charge in [0.2, 0.25) is 0 Å². The second-order valence-corrected chi connectivity index (χ2v) is 8.63. The molecule has 0 saturated heterocycles. The molecule has 1 heterocycles. The molecule has 1 aromatic rings. The molecular formula is C22H28N2O4. The van der Waals surface area contributed by atoms with E-state index in [1.165, 1.54) is 0 Å². The predicted octanol–water partition coefficient (Wildman–Crippen LogP) is 2.91. The Morgan fingerprint density at radius 1 is 1.21 bits per heavy atom. The van der Waals surface area contributed by atoms with E-state index in [0.29, 0.717) is 25.1 Å². The quantitative estimate of drug-likeness (QED) is 0.791. The Morgan fingerprint density at radius 3 is 2.43 bits per heavy atom. The van der Waals surface area contributed by atoms with Gasteiger partial charge in [-0.2, -0.15) is 0 Å². The van der Waals surface area contributed by atoms with Crippen molar-refractivity contribution in [2.24, 2.45) is 11.1 Å². The van der Waals surface area contributed by atoms with Crippen LogP contribution in [0.4, 0.5) is 0 Å². The fourth-order valence-corrected chi connectivity index (χ4v) is 4.28. The smallest absolute Gasteiger partial charge is 0.269 e. The van der Waals surface area contributed by atoms with E-state index >= 15 is 0 Å². The number of ketones is 2. The highest BCUT2D eigenvalue weighted by Gasteiger charge is 2.43. The van der Waals surface area contributed by atoms with Crippen molar-refractivity contribution >= 4 is 23.2 Å². The van der Waals surface area contributed by atoms with E-state index in [1.807, 2.05) is 46.8 Å². The summed E-state index contributed by atoms with van der Waals surface area (Å²) in [7, 11) is 0. The number of nitrogens with one attached hydrogen (secondary N) is 1. The first-order chi connectivity index (χ1) is 13.1. The van der Waals surface area contributed by atoms with Crippen molar-refractivity contribution < 1.29 is 19.2 Å². The van der Waals surface area contributed by atoms with Gasteiger partial charge in [-0.3, -0.25) is 14.4 Å². The van der Waals surface area contributed by atoms with Crippen LogP contribution in [0.15, 0.2) is 17.3 Å². The maximum absolute atomic E-state index is 12.9. The minimum atomic E-state index is -0.672. The van der Waals surface area contributed by atoms with Crippen LogP contribution in [-0.2, 0) is 19.2 Å². The number of hydrogen-bond acceptors (Lipinski definition) is 5. The minimum absolute atomic E-state index is 0.0216.